The molecule has 0 saturated carbocycles. The molecule has 0 bridgehead atoms. The Morgan fingerprint density at radius 3 is 1.93 bits per heavy atom. The van der Waals surface area contributed by atoms with Gasteiger partial charge in [0.2, 0.25) is 0 Å². The lowest BCUT2D eigenvalue weighted by molar-refractivity contribution is -0.161. The van der Waals surface area contributed by atoms with E-state index in [4.69, 9.17) is 14.2 Å². The SMILES string of the molecule is COC(=O)[C@]12C[C@@H](C(=O)OC(C)(C)C)[C@@H](/C=C/c3ccccc3)N1[C@H](c1ccc(Br)cc1)[C@H](C(=O)OC(C)(C)C)C2. The summed E-state index contributed by atoms with van der Waals surface area (Å²) < 4.78 is 18.0. The standard InChI is InChI=1S/C33H40BrNO6/c1-31(2,3)40-28(36)24-19-33(30(38)39-7)20-25(29(37)41-32(4,5)6)27(22-14-16-23(34)17-15-22)35(33)26(24)18-13-21-11-9-8-10-12-21/h8-18,24-27H,19-20H2,1-7H3/b18-13+/t24-,25-,26-,27-,33-/m1/s1. The van der Waals surface area contributed by atoms with E-state index in [2.05, 4.69) is 15.9 Å². The van der Waals surface area contributed by atoms with E-state index < -0.39 is 46.6 Å². The fourth-order valence-corrected chi connectivity index (χ4v) is 6.35. The number of benzene rings is 2. The van der Waals surface area contributed by atoms with Crippen molar-refractivity contribution in [3.63, 3.8) is 0 Å². The Morgan fingerprint density at radius 2 is 1.39 bits per heavy atom. The summed E-state index contributed by atoms with van der Waals surface area (Å²) in [6.07, 6.45) is 4.22. The van der Waals surface area contributed by atoms with Gasteiger partial charge in [0, 0.05) is 16.6 Å². The van der Waals surface area contributed by atoms with Gasteiger partial charge in [-0.15, -0.1) is 0 Å². The first kappa shape index (κ1) is 31.0. The number of halogens is 1. The average Bonchev–Trinajstić information content (AvgIpc) is 3.39. The molecule has 2 saturated heterocycles. The van der Waals surface area contributed by atoms with Crippen molar-refractivity contribution in [1.29, 1.82) is 0 Å². The molecule has 220 valence electrons. The van der Waals surface area contributed by atoms with Gasteiger partial charge in [0.1, 0.15) is 16.7 Å². The second kappa shape index (κ2) is 11.7. The predicted molar refractivity (Wildman–Crippen MR) is 161 cm³/mol. The summed E-state index contributed by atoms with van der Waals surface area (Å²) in [6, 6.07) is 16.4. The van der Waals surface area contributed by atoms with E-state index in [1.54, 1.807) is 0 Å². The number of hydrogen-bond acceptors (Lipinski definition) is 7. The molecule has 0 amide bonds. The van der Waals surface area contributed by atoms with E-state index in [1.807, 2.05) is 113 Å². The Kier molecular flexibility index (Phi) is 8.86. The van der Waals surface area contributed by atoms with E-state index in [0.717, 1.165) is 15.6 Å². The van der Waals surface area contributed by atoms with Gasteiger partial charge in [-0.1, -0.05) is 70.5 Å². The maximum atomic E-state index is 13.8. The van der Waals surface area contributed by atoms with Gasteiger partial charge in [0.25, 0.3) is 0 Å². The van der Waals surface area contributed by atoms with E-state index >= 15 is 0 Å². The molecule has 0 N–H and O–H groups in total. The summed E-state index contributed by atoms with van der Waals surface area (Å²) in [5.41, 5.74) is -0.855. The Morgan fingerprint density at radius 1 is 0.854 bits per heavy atom. The van der Waals surface area contributed by atoms with Gasteiger partial charge >= 0.3 is 17.9 Å². The van der Waals surface area contributed by atoms with Crippen LogP contribution in [0.4, 0.5) is 0 Å². The van der Waals surface area contributed by atoms with Gasteiger partial charge in [0.05, 0.1) is 18.9 Å². The number of carbonyl (C=O) groups excluding carboxylic acids is 3. The smallest absolute Gasteiger partial charge is 0.326 e. The number of carbonyl (C=O) groups is 3. The Labute approximate surface area is 251 Å². The molecule has 8 heteroatoms. The third-order valence-corrected chi connectivity index (χ3v) is 8.03. The maximum absolute atomic E-state index is 13.8. The molecular formula is C33H40BrNO6. The van der Waals surface area contributed by atoms with E-state index in [0.29, 0.717) is 0 Å². The lowest BCUT2D eigenvalue weighted by Gasteiger charge is -2.36. The summed E-state index contributed by atoms with van der Waals surface area (Å²) in [6.45, 7) is 11.0. The van der Waals surface area contributed by atoms with E-state index in [9.17, 15) is 14.4 Å². The van der Waals surface area contributed by atoms with Gasteiger partial charge in [-0.3, -0.25) is 19.3 Å². The molecule has 5 atom stereocenters. The number of methoxy groups -OCH3 is 1. The topological polar surface area (TPSA) is 82.1 Å². The van der Waals surface area contributed by atoms with Crippen molar-refractivity contribution >= 4 is 39.9 Å². The van der Waals surface area contributed by atoms with Crippen LogP contribution in [0.5, 0.6) is 0 Å². The maximum Gasteiger partial charge on any atom is 0.326 e. The van der Waals surface area contributed by atoms with Crippen molar-refractivity contribution in [2.45, 2.75) is 83.2 Å². The van der Waals surface area contributed by atoms with Crippen molar-refractivity contribution in [2.75, 3.05) is 7.11 Å². The second-order valence-electron chi connectivity index (χ2n) is 12.9. The summed E-state index contributed by atoms with van der Waals surface area (Å²) in [7, 11) is 1.35. The second-order valence-corrected chi connectivity index (χ2v) is 13.8. The van der Waals surface area contributed by atoms with Crippen LogP contribution in [0, 0.1) is 11.8 Å². The van der Waals surface area contributed by atoms with Crippen LogP contribution < -0.4 is 0 Å². The largest absolute Gasteiger partial charge is 0.468 e. The summed E-state index contributed by atoms with van der Waals surface area (Å²) in [4.78, 5) is 43.3. The lowest BCUT2D eigenvalue weighted by atomic mass is 9.83. The van der Waals surface area contributed by atoms with Crippen LogP contribution in [0.25, 0.3) is 6.08 Å². The van der Waals surface area contributed by atoms with Crippen LogP contribution >= 0.6 is 15.9 Å². The third-order valence-electron chi connectivity index (χ3n) is 7.51. The first-order chi connectivity index (χ1) is 19.1. The summed E-state index contributed by atoms with van der Waals surface area (Å²) in [5.74, 6) is -2.58. The molecule has 2 aromatic carbocycles. The van der Waals surface area contributed by atoms with Crippen LogP contribution in [0.15, 0.2) is 65.1 Å². The summed E-state index contributed by atoms with van der Waals surface area (Å²) in [5, 5.41) is 0. The van der Waals surface area contributed by atoms with Crippen molar-refractivity contribution in [3.05, 3.63) is 76.3 Å². The number of ether oxygens (including phenoxy) is 3. The van der Waals surface area contributed by atoms with Gasteiger partial charge in [-0.2, -0.15) is 0 Å². The Balaban J connectivity index is 1.90. The van der Waals surface area contributed by atoms with Crippen LogP contribution in [0.3, 0.4) is 0 Å². The van der Waals surface area contributed by atoms with Gasteiger partial charge < -0.3 is 14.2 Å². The first-order valence-electron chi connectivity index (χ1n) is 14.0. The van der Waals surface area contributed by atoms with Crippen molar-refractivity contribution in [1.82, 2.24) is 4.90 Å². The minimum Gasteiger partial charge on any atom is -0.468 e. The lowest BCUT2D eigenvalue weighted by Crippen LogP contribution is -2.49. The molecule has 2 aromatic rings. The zero-order valence-electron chi connectivity index (χ0n) is 24.8. The van der Waals surface area contributed by atoms with Crippen molar-refractivity contribution < 1.29 is 28.6 Å². The summed E-state index contributed by atoms with van der Waals surface area (Å²) >= 11 is 3.51. The number of rotatable bonds is 6. The Hall–Kier alpha value is -2.97. The molecule has 2 aliphatic heterocycles. The van der Waals surface area contributed by atoms with Crippen LogP contribution in [0.2, 0.25) is 0 Å². The third kappa shape index (κ3) is 6.75. The highest BCUT2D eigenvalue weighted by Crippen LogP contribution is 2.57. The molecule has 7 nitrogen and oxygen atoms in total. The number of nitrogens with zero attached hydrogens (tertiary/aromatic N) is 1. The minimum atomic E-state index is -1.23. The zero-order chi connectivity index (χ0) is 30.2. The molecular weight excluding hydrogens is 586 g/mol. The molecule has 0 spiro atoms. The predicted octanol–water partition coefficient (Wildman–Crippen LogP) is 6.51. The van der Waals surface area contributed by atoms with Gasteiger partial charge in [-0.05, 0) is 77.6 Å². The number of esters is 3. The average molecular weight is 627 g/mol. The molecule has 0 unspecified atom stereocenters. The highest BCUT2D eigenvalue weighted by Gasteiger charge is 2.68. The number of hydrogen-bond donors (Lipinski definition) is 0. The molecule has 0 radical (unpaired) electrons. The Bertz CT molecular complexity index is 1290. The highest BCUT2D eigenvalue weighted by molar-refractivity contribution is 9.10. The van der Waals surface area contributed by atoms with Crippen LogP contribution in [-0.2, 0) is 28.6 Å². The zero-order valence-corrected chi connectivity index (χ0v) is 26.4. The highest BCUT2D eigenvalue weighted by atomic mass is 79.9. The minimum absolute atomic E-state index is 0.157. The molecule has 2 fully saturated rings. The molecule has 0 aliphatic carbocycles. The van der Waals surface area contributed by atoms with Crippen LogP contribution in [0.1, 0.15) is 71.6 Å². The molecule has 41 heavy (non-hydrogen) atoms. The van der Waals surface area contributed by atoms with E-state index in [1.165, 1.54) is 7.11 Å². The normalized spacial score (nSPS) is 26.5. The van der Waals surface area contributed by atoms with Gasteiger partial charge in [-0.25, -0.2) is 0 Å². The van der Waals surface area contributed by atoms with E-state index in [-0.39, 0.29) is 24.8 Å². The molecule has 4 rings (SSSR count). The van der Waals surface area contributed by atoms with Crippen molar-refractivity contribution in [3.8, 4) is 0 Å². The molecule has 2 heterocycles. The fraction of sp³-hybridized carbons (Fsp3) is 0.485. The van der Waals surface area contributed by atoms with Crippen LogP contribution in [-0.4, -0.2) is 52.7 Å². The fourth-order valence-electron chi connectivity index (χ4n) is 6.08. The number of fused-ring (bicyclic) bond motifs is 1. The monoisotopic (exact) mass is 625 g/mol. The molecule has 2 aliphatic rings. The first-order valence-corrected chi connectivity index (χ1v) is 14.8. The molecule has 0 aromatic heterocycles. The van der Waals surface area contributed by atoms with Gasteiger partial charge in [0.15, 0.2) is 0 Å². The quantitative estimate of drug-likeness (QED) is 0.267. The van der Waals surface area contributed by atoms with Crippen molar-refractivity contribution in [2.24, 2.45) is 11.8 Å².